The van der Waals surface area contributed by atoms with Crippen LogP contribution in [0.15, 0.2) is 0 Å². The van der Waals surface area contributed by atoms with E-state index in [-0.39, 0.29) is 19.1 Å². The summed E-state index contributed by atoms with van der Waals surface area (Å²) in [7, 11) is 0. The fourth-order valence-corrected chi connectivity index (χ4v) is 3.65. The molecule has 0 aromatic heterocycles. The quantitative estimate of drug-likeness (QED) is 0.219. The highest BCUT2D eigenvalue weighted by atomic mass is 16.4. The van der Waals surface area contributed by atoms with Crippen LogP contribution in [0.5, 0.6) is 0 Å². The SMILES string of the molecule is CC(C)CCCCCCCCCCCCCCC(=O)NCCN(CCO)CC(=O)O. The van der Waals surface area contributed by atoms with Crippen LogP contribution in [0.2, 0.25) is 0 Å². The zero-order valence-electron chi connectivity index (χ0n) is 19.7. The lowest BCUT2D eigenvalue weighted by atomic mass is 10.0. The number of hydrogen-bond acceptors (Lipinski definition) is 4. The monoisotopic (exact) mass is 428 g/mol. The average Bonchev–Trinajstić information content (AvgIpc) is 2.67. The summed E-state index contributed by atoms with van der Waals surface area (Å²) in [5.41, 5.74) is 0. The van der Waals surface area contributed by atoms with Gasteiger partial charge in [-0.15, -0.1) is 0 Å². The Morgan fingerprint density at radius 2 is 1.30 bits per heavy atom. The molecule has 0 unspecified atom stereocenters. The van der Waals surface area contributed by atoms with E-state index in [1.165, 1.54) is 70.6 Å². The van der Waals surface area contributed by atoms with E-state index in [0.29, 0.717) is 26.1 Å². The number of carbonyl (C=O) groups excluding carboxylic acids is 1. The molecule has 0 bridgehead atoms. The first-order valence-corrected chi connectivity index (χ1v) is 12.3. The molecule has 0 saturated heterocycles. The molecule has 0 fully saturated rings. The van der Waals surface area contributed by atoms with Gasteiger partial charge in [0.1, 0.15) is 0 Å². The van der Waals surface area contributed by atoms with Crippen LogP contribution in [0.3, 0.4) is 0 Å². The summed E-state index contributed by atoms with van der Waals surface area (Å²) >= 11 is 0. The van der Waals surface area contributed by atoms with Crippen LogP contribution in [-0.4, -0.2) is 59.8 Å². The van der Waals surface area contributed by atoms with Gasteiger partial charge in [0.2, 0.25) is 5.91 Å². The lowest BCUT2D eigenvalue weighted by molar-refractivity contribution is -0.138. The molecule has 178 valence electrons. The topological polar surface area (TPSA) is 89.9 Å². The van der Waals surface area contributed by atoms with E-state index in [4.69, 9.17) is 10.2 Å². The molecule has 0 aliphatic rings. The number of nitrogens with zero attached hydrogens (tertiary/aromatic N) is 1. The lowest BCUT2D eigenvalue weighted by Gasteiger charge is -2.19. The number of aliphatic carboxylic acids is 1. The normalized spacial score (nSPS) is 11.4. The highest BCUT2D eigenvalue weighted by molar-refractivity contribution is 5.75. The standard InChI is InChI=1S/C24H48N2O4/c1-22(2)15-13-11-9-7-5-3-4-6-8-10-12-14-16-23(28)25-17-18-26(19-20-27)21-24(29)30/h22,27H,3-21H2,1-2H3,(H,25,28)(H,29,30). The molecule has 0 heterocycles. The van der Waals surface area contributed by atoms with Crippen LogP contribution in [0, 0.1) is 5.92 Å². The van der Waals surface area contributed by atoms with Gasteiger partial charge in [-0.25, -0.2) is 0 Å². The Morgan fingerprint density at radius 3 is 1.77 bits per heavy atom. The Balaban J connectivity index is 3.37. The van der Waals surface area contributed by atoms with Crippen LogP contribution in [0.1, 0.15) is 104 Å². The maximum Gasteiger partial charge on any atom is 0.317 e. The van der Waals surface area contributed by atoms with Crippen LogP contribution < -0.4 is 5.32 Å². The first-order valence-electron chi connectivity index (χ1n) is 12.3. The molecule has 0 saturated carbocycles. The van der Waals surface area contributed by atoms with E-state index in [0.717, 1.165) is 18.8 Å². The van der Waals surface area contributed by atoms with Crippen molar-refractivity contribution >= 4 is 11.9 Å². The Morgan fingerprint density at radius 1 is 0.800 bits per heavy atom. The van der Waals surface area contributed by atoms with E-state index < -0.39 is 5.97 Å². The fourth-order valence-electron chi connectivity index (χ4n) is 3.65. The summed E-state index contributed by atoms with van der Waals surface area (Å²) in [5.74, 6) is -0.0484. The Labute approximate surface area is 184 Å². The van der Waals surface area contributed by atoms with E-state index in [9.17, 15) is 9.59 Å². The first kappa shape index (κ1) is 28.9. The molecule has 0 aromatic rings. The predicted octanol–water partition coefficient (Wildman–Crippen LogP) is 4.60. The highest BCUT2D eigenvalue weighted by Gasteiger charge is 2.09. The summed E-state index contributed by atoms with van der Waals surface area (Å²) in [6.45, 7) is 5.57. The van der Waals surface area contributed by atoms with Gasteiger partial charge in [-0.3, -0.25) is 14.5 Å². The Hall–Kier alpha value is -1.14. The minimum absolute atomic E-state index is 0.0302. The van der Waals surface area contributed by atoms with Crippen molar-refractivity contribution in [2.75, 3.05) is 32.8 Å². The largest absolute Gasteiger partial charge is 0.480 e. The molecule has 0 spiro atoms. The molecule has 6 heteroatoms. The molecule has 0 atom stereocenters. The molecule has 0 radical (unpaired) electrons. The minimum atomic E-state index is -0.924. The van der Waals surface area contributed by atoms with E-state index in [1.807, 2.05) is 0 Å². The number of carboxylic acids is 1. The third-order valence-electron chi connectivity index (χ3n) is 5.46. The number of nitrogens with one attached hydrogen (secondary N) is 1. The maximum atomic E-state index is 11.8. The molecule has 3 N–H and O–H groups in total. The molecule has 0 rings (SSSR count). The van der Waals surface area contributed by atoms with Gasteiger partial charge in [0, 0.05) is 26.1 Å². The molecule has 0 aliphatic heterocycles. The number of hydrogen-bond donors (Lipinski definition) is 3. The van der Waals surface area contributed by atoms with Gasteiger partial charge in [-0.2, -0.15) is 0 Å². The zero-order chi connectivity index (χ0) is 22.5. The summed E-state index contributed by atoms with van der Waals surface area (Å²) in [4.78, 5) is 24.2. The number of carboxylic acid groups (broad SMARTS) is 1. The molecular formula is C24H48N2O4. The first-order chi connectivity index (χ1) is 14.5. The Kier molecular flexibility index (Phi) is 20.3. The maximum absolute atomic E-state index is 11.8. The van der Waals surface area contributed by atoms with Crippen molar-refractivity contribution in [3.05, 3.63) is 0 Å². The smallest absolute Gasteiger partial charge is 0.317 e. The second-order valence-electron chi connectivity index (χ2n) is 8.92. The van der Waals surface area contributed by atoms with Crippen LogP contribution in [0.25, 0.3) is 0 Å². The van der Waals surface area contributed by atoms with Crippen molar-refractivity contribution < 1.29 is 19.8 Å². The van der Waals surface area contributed by atoms with Gasteiger partial charge >= 0.3 is 5.97 Å². The number of aliphatic hydroxyl groups is 1. The minimum Gasteiger partial charge on any atom is -0.480 e. The number of aliphatic hydroxyl groups excluding tert-OH is 1. The van der Waals surface area contributed by atoms with E-state index >= 15 is 0 Å². The third kappa shape index (κ3) is 21.6. The number of rotatable bonds is 22. The third-order valence-corrected chi connectivity index (χ3v) is 5.46. The number of unbranched alkanes of at least 4 members (excludes halogenated alkanes) is 11. The Bertz CT molecular complexity index is 416. The number of amides is 1. The van der Waals surface area contributed by atoms with Crippen molar-refractivity contribution in [2.45, 2.75) is 104 Å². The summed E-state index contributed by atoms with van der Waals surface area (Å²) in [5, 5.41) is 20.6. The molecule has 30 heavy (non-hydrogen) atoms. The van der Waals surface area contributed by atoms with Crippen LogP contribution in [-0.2, 0) is 9.59 Å². The fraction of sp³-hybridized carbons (Fsp3) is 0.917. The van der Waals surface area contributed by atoms with Crippen molar-refractivity contribution in [2.24, 2.45) is 5.92 Å². The van der Waals surface area contributed by atoms with Crippen molar-refractivity contribution in [3.63, 3.8) is 0 Å². The molecule has 6 nitrogen and oxygen atoms in total. The van der Waals surface area contributed by atoms with Gasteiger partial charge < -0.3 is 15.5 Å². The van der Waals surface area contributed by atoms with Crippen molar-refractivity contribution in [1.29, 1.82) is 0 Å². The second kappa shape index (κ2) is 21.1. The molecule has 0 aliphatic carbocycles. The van der Waals surface area contributed by atoms with E-state index in [2.05, 4.69) is 19.2 Å². The predicted molar refractivity (Wildman–Crippen MR) is 124 cm³/mol. The van der Waals surface area contributed by atoms with Crippen LogP contribution in [0.4, 0.5) is 0 Å². The highest BCUT2D eigenvalue weighted by Crippen LogP contribution is 2.14. The van der Waals surface area contributed by atoms with Gasteiger partial charge in [-0.1, -0.05) is 90.9 Å². The molecule has 0 aromatic carbocycles. The zero-order valence-corrected chi connectivity index (χ0v) is 19.7. The summed E-state index contributed by atoms with van der Waals surface area (Å²) in [6, 6.07) is 0. The summed E-state index contributed by atoms with van der Waals surface area (Å²) in [6.07, 6.45) is 17.4. The van der Waals surface area contributed by atoms with Gasteiger partial charge in [0.25, 0.3) is 0 Å². The van der Waals surface area contributed by atoms with Crippen LogP contribution >= 0.6 is 0 Å². The van der Waals surface area contributed by atoms with E-state index in [1.54, 1.807) is 4.90 Å². The average molecular weight is 429 g/mol. The summed E-state index contributed by atoms with van der Waals surface area (Å²) < 4.78 is 0. The van der Waals surface area contributed by atoms with Gasteiger partial charge in [0.15, 0.2) is 0 Å². The molecular weight excluding hydrogens is 380 g/mol. The molecule has 1 amide bonds. The number of carbonyl (C=O) groups is 2. The van der Waals surface area contributed by atoms with Crippen molar-refractivity contribution in [3.8, 4) is 0 Å². The van der Waals surface area contributed by atoms with Gasteiger partial charge in [-0.05, 0) is 12.3 Å². The second-order valence-corrected chi connectivity index (χ2v) is 8.92. The van der Waals surface area contributed by atoms with Crippen molar-refractivity contribution in [1.82, 2.24) is 10.2 Å². The van der Waals surface area contributed by atoms with Gasteiger partial charge in [0.05, 0.1) is 13.2 Å². The lowest BCUT2D eigenvalue weighted by Crippen LogP contribution is -2.39.